The van der Waals surface area contributed by atoms with E-state index in [2.05, 4.69) is 0 Å². The highest BCUT2D eigenvalue weighted by Crippen LogP contribution is 2.00. The molecule has 2 heteroatoms. The molecular weight excluding hydrogens is 152 g/mol. The molecule has 0 aromatic carbocycles. The van der Waals surface area contributed by atoms with Gasteiger partial charge in [0.1, 0.15) is 5.78 Å². The molecule has 0 radical (unpaired) electrons. The third-order valence-electron chi connectivity index (χ3n) is 1.63. The van der Waals surface area contributed by atoms with E-state index < -0.39 is 0 Å². The van der Waals surface area contributed by atoms with Crippen molar-refractivity contribution >= 4 is 11.6 Å². The van der Waals surface area contributed by atoms with Crippen molar-refractivity contribution in [1.29, 1.82) is 0 Å². The molecule has 0 saturated carbocycles. The highest BCUT2D eigenvalue weighted by Gasteiger charge is 2.00. The van der Waals surface area contributed by atoms with Crippen LogP contribution in [0.15, 0.2) is 12.2 Å². The number of allylic oxidation sites excluding steroid dienone is 2. The smallest absolute Gasteiger partial charge is 0.155 e. The van der Waals surface area contributed by atoms with Crippen molar-refractivity contribution in [3.05, 3.63) is 12.2 Å². The van der Waals surface area contributed by atoms with E-state index in [9.17, 15) is 9.59 Å². The van der Waals surface area contributed by atoms with Crippen molar-refractivity contribution in [2.75, 3.05) is 0 Å². The molecule has 0 aliphatic rings. The summed E-state index contributed by atoms with van der Waals surface area (Å²) in [6, 6.07) is 0. The van der Waals surface area contributed by atoms with Crippen molar-refractivity contribution in [2.24, 2.45) is 0 Å². The first kappa shape index (κ1) is 11.1. The van der Waals surface area contributed by atoms with Crippen molar-refractivity contribution in [3.63, 3.8) is 0 Å². The van der Waals surface area contributed by atoms with Gasteiger partial charge in [-0.1, -0.05) is 13.0 Å². The van der Waals surface area contributed by atoms with Crippen LogP contribution in [0.3, 0.4) is 0 Å². The van der Waals surface area contributed by atoms with Crippen LogP contribution in [0.4, 0.5) is 0 Å². The second kappa shape index (κ2) is 6.77. The fourth-order valence-corrected chi connectivity index (χ4v) is 0.906. The van der Waals surface area contributed by atoms with Crippen LogP contribution in [0.2, 0.25) is 0 Å². The van der Waals surface area contributed by atoms with Crippen LogP contribution in [0, 0.1) is 0 Å². The first-order chi connectivity index (χ1) is 5.70. The van der Waals surface area contributed by atoms with Gasteiger partial charge in [0, 0.05) is 19.3 Å². The monoisotopic (exact) mass is 168 g/mol. The van der Waals surface area contributed by atoms with E-state index in [0.29, 0.717) is 25.7 Å². The summed E-state index contributed by atoms with van der Waals surface area (Å²) in [4.78, 5) is 21.7. The van der Waals surface area contributed by atoms with E-state index in [1.54, 1.807) is 12.2 Å². The van der Waals surface area contributed by atoms with E-state index in [1.807, 2.05) is 13.8 Å². The predicted molar refractivity (Wildman–Crippen MR) is 49.0 cm³/mol. The molecule has 0 aromatic heterocycles. The molecule has 0 aliphatic heterocycles. The number of Topliss-reactive ketones (excluding diaryl/α,β-unsaturated/α-hetero) is 1. The normalized spacial score (nSPS) is 10.5. The van der Waals surface area contributed by atoms with Gasteiger partial charge in [-0.15, -0.1) is 0 Å². The number of ketones is 2. The summed E-state index contributed by atoms with van der Waals surface area (Å²) in [5.74, 6) is 0.352. The van der Waals surface area contributed by atoms with Gasteiger partial charge in [-0.05, 0) is 19.4 Å². The van der Waals surface area contributed by atoms with Crippen molar-refractivity contribution in [2.45, 2.75) is 39.5 Å². The fourth-order valence-electron chi connectivity index (χ4n) is 0.906. The fraction of sp³-hybridized carbons (Fsp3) is 0.600. The Bertz CT molecular complexity index is 180. The van der Waals surface area contributed by atoms with E-state index in [4.69, 9.17) is 0 Å². The molecular formula is C10H16O2. The summed E-state index contributed by atoms with van der Waals surface area (Å²) in [7, 11) is 0. The van der Waals surface area contributed by atoms with Crippen LogP contribution in [-0.2, 0) is 9.59 Å². The first-order valence-electron chi connectivity index (χ1n) is 4.38. The van der Waals surface area contributed by atoms with Crippen LogP contribution >= 0.6 is 0 Å². The van der Waals surface area contributed by atoms with Crippen LogP contribution in [0.5, 0.6) is 0 Å². The maximum absolute atomic E-state index is 10.9. The molecule has 0 fully saturated rings. The lowest BCUT2D eigenvalue weighted by atomic mass is 10.1. The number of hydrogen-bond donors (Lipinski definition) is 0. The zero-order valence-corrected chi connectivity index (χ0v) is 7.80. The number of carbonyl (C=O) groups excluding carboxylic acids is 2. The average molecular weight is 168 g/mol. The second-order valence-corrected chi connectivity index (χ2v) is 2.71. The Kier molecular flexibility index (Phi) is 6.25. The Balaban J connectivity index is 3.43. The van der Waals surface area contributed by atoms with Gasteiger partial charge in [-0.3, -0.25) is 9.59 Å². The lowest BCUT2D eigenvalue weighted by Crippen LogP contribution is -1.98. The molecule has 0 spiro atoms. The summed E-state index contributed by atoms with van der Waals surface area (Å²) >= 11 is 0. The topological polar surface area (TPSA) is 34.1 Å². The summed E-state index contributed by atoms with van der Waals surface area (Å²) in [5, 5.41) is 0. The van der Waals surface area contributed by atoms with Gasteiger partial charge in [0.05, 0.1) is 0 Å². The molecule has 0 bridgehead atoms. The molecule has 0 aromatic rings. The molecule has 0 aliphatic carbocycles. The summed E-state index contributed by atoms with van der Waals surface area (Å²) < 4.78 is 0. The third kappa shape index (κ3) is 5.83. The zero-order chi connectivity index (χ0) is 9.40. The van der Waals surface area contributed by atoms with Gasteiger partial charge in [-0.2, -0.15) is 0 Å². The molecule has 12 heavy (non-hydrogen) atoms. The van der Waals surface area contributed by atoms with Gasteiger partial charge in [0.25, 0.3) is 0 Å². The molecule has 0 N–H and O–H groups in total. The minimum atomic E-state index is 0.112. The molecule has 0 rings (SSSR count). The predicted octanol–water partition coefficient (Wildman–Crippen LogP) is 2.28. The maximum atomic E-state index is 10.9. The molecule has 2 nitrogen and oxygen atoms in total. The minimum absolute atomic E-state index is 0.112. The zero-order valence-electron chi connectivity index (χ0n) is 7.80. The lowest BCUT2D eigenvalue weighted by Gasteiger charge is -1.94. The second-order valence-electron chi connectivity index (χ2n) is 2.71. The number of rotatable bonds is 6. The number of carbonyl (C=O) groups is 2. The summed E-state index contributed by atoms with van der Waals surface area (Å²) in [6.45, 7) is 3.66. The van der Waals surface area contributed by atoms with E-state index in [-0.39, 0.29) is 11.6 Å². The summed E-state index contributed by atoms with van der Waals surface area (Å²) in [6.07, 6.45) is 5.59. The number of hydrogen-bond acceptors (Lipinski definition) is 2. The van der Waals surface area contributed by atoms with E-state index in [0.717, 1.165) is 0 Å². The Morgan fingerprint density at radius 1 is 1.25 bits per heavy atom. The minimum Gasteiger partial charge on any atom is -0.300 e. The van der Waals surface area contributed by atoms with E-state index >= 15 is 0 Å². The van der Waals surface area contributed by atoms with Gasteiger partial charge < -0.3 is 0 Å². The molecule has 0 saturated heterocycles. The molecule has 0 atom stereocenters. The quantitative estimate of drug-likeness (QED) is 0.570. The lowest BCUT2D eigenvalue weighted by molar-refractivity contribution is -0.119. The molecule has 0 heterocycles. The van der Waals surface area contributed by atoms with Crippen molar-refractivity contribution in [1.82, 2.24) is 0 Å². The highest BCUT2D eigenvalue weighted by molar-refractivity contribution is 5.89. The molecule has 0 unspecified atom stereocenters. The molecule has 0 amide bonds. The van der Waals surface area contributed by atoms with Crippen molar-refractivity contribution in [3.8, 4) is 0 Å². The first-order valence-corrected chi connectivity index (χ1v) is 4.38. The highest BCUT2D eigenvalue weighted by atomic mass is 16.1. The van der Waals surface area contributed by atoms with Gasteiger partial charge in [0.2, 0.25) is 0 Å². The molecule has 68 valence electrons. The third-order valence-corrected chi connectivity index (χ3v) is 1.63. The standard InChI is InChI=1S/C10H16O2/c1-3-6-10(12)8-5-7-9(11)4-2/h3,6H,4-5,7-8H2,1-2H3. The average Bonchev–Trinajstić information content (AvgIpc) is 2.04. The van der Waals surface area contributed by atoms with Crippen LogP contribution in [0.25, 0.3) is 0 Å². The van der Waals surface area contributed by atoms with Gasteiger partial charge in [0.15, 0.2) is 5.78 Å². The van der Waals surface area contributed by atoms with Crippen LogP contribution in [0.1, 0.15) is 39.5 Å². The largest absolute Gasteiger partial charge is 0.300 e. The summed E-state index contributed by atoms with van der Waals surface area (Å²) in [5.41, 5.74) is 0. The van der Waals surface area contributed by atoms with Crippen LogP contribution in [-0.4, -0.2) is 11.6 Å². The maximum Gasteiger partial charge on any atom is 0.155 e. The Morgan fingerprint density at radius 2 is 1.92 bits per heavy atom. The Labute approximate surface area is 73.7 Å². The Hall–Kier alpha value is -0.920. The van der Waals surface area contributed by atoms with E-state index in [1.165, 1.54) is 0 Å². The van der Waals surface area contributed by atoms with Gasteiger partial charge in [-0.25, -0.2) is 0 Å². The van der Waals surface area contributed by atoms with Gasteiger partial charge >= 0.3 is 0 Å². The SMILES string of the molecule is CC=CC(=O)CCCC(=O)CC. The van der Waals surface area contributed by atoms with Crippen LogP contribution < -0.4 is 0 Å². The Morgan fingerprint density at radius 3 is 2.42 bits per heavy atom. The van der Waals surface area contributed by atoms with Crippen molar-refractivity contribution < 1.29 is 9.59 Å².